The summed E-state index contributed by atoms with van der Waals surface area (Å²) >= 11 is 0. The zero-order valence-corrected chi connectivity index (χ0v) is 15.4. The van der Waals surface area contributed by atoms with Gasteiger partial charge in [-0.3, -0.25) is 14.5 Å². The second kappa shape index (κ2) is 6.20. The molecule has 3 aromatic rings. The van der Waals surface area contributed by atoms with Crippen LogP contribution in [0.5, 0.6) is 0 Å². The number of aromatic nitrogens is 1. The van der Waals surface area contributed by atoms with Crippen molar-refractivity contribution >= 4 is 11.0 Å². The highest BCUT2D eigenvalue weighted by atomic mass is 16.3. The van der Waals surface area contributed by atoms with E-state index in [0.717, 1.165) is 37.3 Å². The topological polar surface area (TPSA) is 55.5 Å². The van der Waals surface area contributed by atoms with Gasteiger partial charge in [-0.05, 0) is 37.5 Å². The summed E-state index contributed by atoms with van der Waals surface area (Å²) in [6.45, 7) is 5.12. The molecule has 2 atom stereocenters. The number of nitrogens with zero attached hydrogens (tertiary/aromatic N) is 2. The van der Waals surface area contributed by atoms with Gasteiger partial charge in [-0.15, -0.1) is 0 Å². The molecule has 5 nitrogen and oxygen atoms in total. The fourth-order valence-corrected chi connectivity index (χ4v) is 4.76. The lowest BCUT2D eigenvalue weighted by molar-refractivity contribution is 0.113. The third-order valence-electron chi connectivity index (χ3n) is 5.95. The lowest BCUT2D eigenvalue weighted by atomic mass is 9.83. The minimum atomic E-state index is 0.0623. The Morgan fingerprint density at radius 3 is 2.89 bits per heavy atom. The minimum Gasteiger partial charge on any atom is -0.464 e. The smallest absolute Gasteiger partial charge is 0.250 e. The standard InChI is InChI=1S/C22H22N2O3/c1-14-5-6-20-18(7-14)22(26)17(13-27-20)12-23-9-15-8-16(11-23)19-3-2-4-21(25)24(19)10-15/h2-7,13,15-16H,8-12H2,1H3/t15-,16+/m1/s1. The average molecular weight is 362 g/mol. The molecule has 2 aliphatic heterocycles. The largest absolute Gasteiger partial charge is 0.464 e. The van der Waals surface area contributed by atoms with Crippen LogP contribution in [0.1, 0.15) is 29.2 Å². The molecule has 138 valence electrons. The van der Waals surface area contributed by atoms with Crippen LogP contribution in [0.4, 0.5) is 0 Å². The van der Waals surface area contributed by atoms with E-state index in [1.165, 1.54) is 0 Å². The van der Waals surface area contributed by atoms with Crippen molar-refractivity contribution in [1.29, 1.82) is 0 Å². The third-order valence-corrected chi connectivity index (χ3v) is 5.95. The van der Waals surface area contributed by atoms with Crippen LogP contribution in [0, 0.1) is 12.8 Å². The van der Waals surface area contributed by atoms with Gasteiger partial charge in [-0.1, -0.05) is 17.7 Å². The van der Waals surface area contributed by atoms with Crippen LogP contribution in [-0.4, -0.2) is 22.6 Å². The Morgan fingerprint density at radius 1 is 1.11 bits per heavy atom. The SMILES string of the molecule is Cc1ccc2occ(CN3C[C@H]4C[C@@H](C3)c3cccc(=O)n3C4)c(=O)c2c1. The second-order valence-corrected chi connectivity index (χ2v) is 7.98. The summed E-state index contributed by atoms with van der Waals surface area (Å²) in [7, 11) is 0. The van der Waals surface area contributed by atoms with Crippen molar-refractivity contribution in [2.75, 3.05) is 13.1 Å². The first-order chi connectivity index (χ1) is 13.1. The Morgan fingerprint density at radius 2 is 2.00 bits per heavy atom. The van der Waals surface area contributed by atoms with E-state index in [2.05, 4.69) is 11.0 Å². The molecule has 0 spiro atoms. The van der Waals surface area contributed by atoms with Crippen molar-refractivity contribution in [3.63, 3.8) is 0 Å². The summed E-state index contributed by atoms with van der Waals surface area (Å²) < 4.78 is 7.65. The van der Waals surface area contributed by atoms with Crippen LogP contribution in [0.25, 0.3) is 11.0 Å². The van der Waals surface area contributed by atoms with E-state index in [4.69, 9.17) is 4.42 Å². The number of hydrogen-bond acceptors (Lipinski definition) is 4. The molecule has 0 unspecified atom stereocenters. The summed E-state index contributed by atoms with van der Waals surface area (Å²) in [6.07, 6.45) is 2.73. The molecule has 27 heavy (non-hydrogen) atoms. The fraction of sp³-hybridized carbons (Fsp3) is 0.364. The summed E-state index contributed by atoms with van der Waals surface area (Å²) in [5.74, 6) is 0.798. The van der Waals surface area contributed by atoms with Crippen LogP contribution in [0.2, 0.25) is 0 Å². The molecule has 1 saturated heterocycles. The van der Waals surface area contributed by atoms with Gasteiger partial charge in [0.1, 0.15) is 5.58 Å². The number of rotatable bonds is 2. The average Bonchev–Trinajstić information content (AvgIpc) is 2.65. The number of likely N-dealkylation sites (tertiary alicyclic amines) is 1. The maximum atomic E-state index is 12.9. The van der Waals surface area contributed by atoms with E-state index in [0.29, 0.717) is 34.9 Å². The van der Waals surface area contributed by atoms with Gasteiger partial charge in [0, 0.05) is 49.4 Å². The Balaban J connectivity index is 1.45. The van der Waals surface area contributed by atoms with Gasteiger partial charge in [0.15, 0.2) is 5.43 Å². The molecule has 5 rings (SSSR count). The quantitative estimate of drug-likeness (QED) is 0.703. The molecule has 2 aliphatic rings. The van der Waals surface area contributed by atoms with Gasteiger partial charge in [-0.2, -0.15) is 0 Å². The van der Waals surface area contributed by atoms with Gasteiger partial charge in [-0.25, -0.2) is 0 Å². The third kappa shape index (κ3) is 2.82. The number of hydrogen-bond donors (Lipinski definition) is 0. The molecule has 0 radical (unpaired) electrons. The molecule has 1 aromatic carbocycles. The van der Waals surface area contributed by atoms with Crippen LogP contribution in [0.3, 0.4) is 0 Å². The number of benzene rings is 1. The highest BCUT2D eigenvalue weighted by Gasteiger charge is 2.34. The molecule has 0 aliphatic carbocycles. The van der Waals surface area contributed by atoms with Gasteiger partial charge >= 0.3 is 0 Å². The molecule has 5 heteroatoms. The predicted octanol–water partition coefficient (Wildman–Crippen LogP) is 2.88. The van der Waals surface area contributed by atoms with Crippen molar-refractivity contribution in [1.82, 2.24) is 9.47 Å². The van der Waals surface area contributed by atoms with E-state index in [1.54, 1.807) is 12.3 Å². The molecule has 0 N–H and O–H groups in total. The van der Waals surface area contributed by atoms with Gasteiger partial charge in [0.2, 0.25) is 0 Å². The maximum Gasteiger partial charge on any atom is 0.250 e. The van der Waals surface area contributed by atoms with Gasteiger partial charge < -0.3 is 8.98 Å². The molecule has 2 aromatic heterocycles. The summed E-state index contributed by atoms with van der Waals surface area (Å²) in [5, 5.41) is 0.654. The Labute approximate surface area is 156 Å². The zero-order valence-electron chi connectivity index (χ0n) is 15.4. The van der Waals surface area contributed by atoms with Crippen molar-refractivity contribution in [3.8, 4) is 0 Å². The molecule has 4 heterocycles. The number of piperidine rings is 1. The number of pyridine rings is 1. The summed E-state index contributed by atoms with van der Waals surface area (Å²) in [4.78, 5) is 27.4. The second-order valence-electron chi connectivity index (χ2n) is 7.98. The van der Waals surface area contributed by atoms with E-state index >= 15 is 0 Å². The molecular weight excluding hydrogens is 340 g/mol. The van der Waals surface area contributed by atoms with Crippen molar-refractivity contribution in [3.05, 3.63) is 80.1 Å². The fourth-order valence-electron chi connectivity index (χ4n) is 4.76. The van der Waals surface area contributed by atoms with Crippen LogP contribution >= 0.6 is 0 Å². The van der Waals surface area contributed by atoms with Gasteiger partial charge in [0.05, 0.1) is 11.6 Å². The first kappa shape index (κ1) is 16.5. The Kier molecular flexibility index (Phi) is 3.79. The minimum absolute atomic E-state index is 0.0623. The molecule has 0 saturated carbocycles. The molecule has 1 fully saturated rings. The van der Waals surface area contributed by atoms with E-state index < -0.39 is 0 Å². The highest BCUT2D eigenvalue weighted by molar-refractivity contribution is 5.77. The van der Waals surface area contributed by atoms with Crippen LogP contribution < -0.4 is 11.0 Å². The van der Waals surface area contributed by atoms with E-state index in [1.807, 2.05) is 35.8 Å². The first-order valence-corrected chi connectivity index (χ1v) is 9.51. The predicted molar refractivity (Wildman–Crippen MR) is 104 cm³/mol. The first-order valence-electron chi connectivity index (χ1n) is 9.51. The van der Waals surface area contributed by atoms with Crippen LogP contribution in [-0.2, 0) is 13.1 Å². The summed E-state index contributed by atoms with van der Waals surface area (Å²) in [5.41, 5.74) is 3.69. The molecule has 2 bridgehead atoms. The van der Waals surface area contributed by atoms with Crippen molar-refractivity contribution < 1.29 is 4.42 Å². The number of aryl methyl sites for hydroxylation is 1. The normalized spacial score (nSPS) is 22.0. The lowest BCUT2D eigenvalue weighted by Crippen LogP contribution is -2.47. The monoisotopic (exact) mass is 362 g/mol. The molecular formula is C22H22N2O3. The van der Waals surface area contributed by atoms with E-state index in [9.17, 15) is 9.59 Å². The lowest BCUT2D eigenvalue weighted by Gasteiger charge is -2.42. The zero-order chi connectivity index (χ0) is 18.5. The highest BCUT2D eigenvalue weighted by Crippen LogP contribution is 2.35. The molecule has 0 amide bonds. The van der Waals surface area contributed by atoms with Crippen molar-refractivity contribution in [2.24, 2.45) is 5.92 Å². The number of fused-ring (bicyclic) bond motifs is 5. The maximum absolute atomic E-state index is 12.9. The van der Waals surface area contributed by atoms with Crippen molar-refractivity contribution in [2.45, 2.75) is 32.4 Å². The summed E-state index contributed by atoms with van der Waals surface area (Å²) in [6, 6.07) is 11.3. The van der Waals surface area contributed by atoms with Crippen LogP contribution in [0.15, 0.2) is 56.7 Å². The van der Waals surface area contributed by atoms with E-state index in [-0.39, 0.29) is 11.0 Å². The Bertz CT molecular complexity index is 1140. The Hall–Kier alpha value is -2.66. The van der Waals surface area contributed by atoms with Gasteiger partial charge in [0.25, 0.3) is 5.56 Å².